The highest BCUT2D eigenvalue weighted by molar-refractivity contribution is 8.00. The predicted molar refractivity (Wildman–Crippen MR) is 55.6 cm³/mol. The van der Waals surface area contributed by atoms with Gasteiger partial charge < -0.3 is 0 Å². The molecule has 0 saturated heterocycles. The first-order valence-corrected chi connectivity index (χ1v) is 5.04. The van der Waals surface area contributed by atoms with Crippen molar-refractivity contribution in [3.63, 3.8) is 0 Å². The molecule has 0 N–H and O–H groups in total. The van der Waals surface area contributed by atoms with Crippen molar-refractivity contribution in [2.45, 2.75) is 11.3 Å². The fourth-order valence-corrected chi connectivity index (χ4v) is 1.62. The Morgan fingerprint density at radius 2 is 2.07 bits per heavy atom. The third-order valence-corrected chi connectivity index (χ3v) is 2.58. The van der Waals surface area contributed by atoms with E-state index >= 15 is 0 Å². The van der Waals surface area contributed by atoms with Crippen molar-refractivity contribution in [3.8, 4) is 12.3 Å². The molecule has 72 valence electrons. The number of Topliss-reactive ketones (excluding diaryl/α,β-unsaturated/α-hetero) is 1. The fourth-order valence-electron chi connectivity index (χ4n) is 0.860. The molecule has 0 saturated carbocycles. The second kappa shape index (κ2) is 5.46. The standard InChI is InChI=1S/C11H9FOS/c1-2-3-10(13)8-14-11-6-4-9(12)5-7-11/h1,4-7H,3,8H2. The maximum absolute atomic E-state index is 12.5. The maximum atomic E-state index is 12.5. The molecule has 0 unspecified atom stereocenters. The lowest BCUT2D eigenvalue weighted by molar-refractivity contribution is -0.115. The van der Waals surface area contributed by atoms with Gasteiger partial charge in [0.15, 0.2) is 5.78 Å². The van der Waals surface area contributed by atoms with E-state index in [0.717, 1.165) is 4.90 Å². The van der Waals surface area contributed by atoms with Gasteiger partial charge in [-0.1, -0.05) is 5.92 Å². The van der Waals surface area contributed by atoms with Gasteiger partial charge in [-0.05, 0) is 24.3 Å². The minimum Gasteiger partial charge on any atom is -0.298 e. The van der Waals surface area contributed by atoms with Crippen molar-refractivity contribution in [1.82, 2.24) is 0 Å². The normalized spacial score (nSPS) is 9.43. The van der Waals surface area contributed by atoms with Crippen LogP contribution in [0.3, 0.4) is 0 Å². The molecule has 1 aromatic carbocycles. The Morgan fingerprint density at radius 3 is 2.64 bits per heavy atom. The molecule has 0 fully saturated rings. The Bertz CT molecular complexity index is 351. The maximum Gasteiger partial charge on any atom is 0.154 e. The molecule has 0 aromatic heterocycles. The quantitative estimate of drug-likeness (QED) is 0.558. The van der Waals surface area contributed by atoms with E-state index in [1.807, 2.05) is 0 Å². The van der Waals surface area contributed by atoms with Crippen LogP contribution in [0.5, 0.6) is 0 Å². The van der Waals surface area contributed by atoms with Crippen molar-refractivity contribution in [3.05, 3.63) is 30.1 Å². The van der Waals surface area contributed by atoms with E-state index in [4.69, 9.17) is 6.42 Å². The molecule has 0 amide bonds. The van der Waals surface area contributed by atoms with Gasteiger partial charge in [0.1, 0.15) is 5.82 Å². The van der Waals surface area contributed by atoms with Crippen LogP contribution in [0, 0.1) is 18.2 Å². The zero-order valence-electron chi connectivity index (χ0n) is 7.50. The SMILES string of the molecule is C#CCC(=O)CSc1ccc(F)cc1. The number of ketones is 1. The van der Waals surface area contributed by atoms with Crippen molar-refractivity contribution in [1.29, 1.82) is 0 Å². The molecule has 0 aliphatic carbocycles. The first kappa shape index (κ1) is 10.8. The average Bonchev–Trinajstić information content (AvgIpc) is 2.17. The minimum absolute atomic E-state index is 0.0156. The summed E-state index contributed by atoms with van der Waals surface area (Å²) in [7, 11) is 0. The van der Waals surface area contributed by atoms with Crippen LogP contribution in [-0.4, -0.2) is 11.5 Å². The zero-order chi connectivity index (χ0) is 10.4. The van der Waals surface area contributed by atoms with Gasteiger partial charge in [-0.25, -0.2) is 4.39 Å². The van der Waals surface area contributed by atoms with Crippen LogP contribution < -0.4 is 0 Å². The molecular weight excluding hydrogens is 199 g/mol. The van der Waals surface area contributed by atoms with Crippen LogP contribution in [0.4, 0.5) is 4.39 Å². The van der Waals surface area contributed by atoms with Crippen LogP contribution in [0.25, 0.3) is 0 Å². The zero-order valence-corrected chi connectivity index (χ0v) is 8.31. The number of halogens is 1. The summed E-state index contributed by atoms with van der Waals surface area (Å²) in [4.78, 5) is 11.9. The molecule has 0 aliphatic rings. The first-order chi connectivity index (χ1) is 6.72. The Kier molecular flexibility index (Phi) is 4.21. The van der Waals surface area contributed by atoms with Gasteiger partial charge in [0.2, 0.25) is 0 Å². The summed E-state index contributed by atoms with van der Waals surface area (Å²) in [6.45, 7) is 0. The van der Waals surface area contributed by atoms with Crippen molar-refractivity contribution in [2.24, 2.45) is 0 Å². The average molecular weight is 208 g/mol. The first-order valence-electron chi connectivity index (χ1n) is 4.06. The highest BCUT2D eigenvalue weighted by Gasteiger charge is 2.01. The number of terminal acetylenes is 1. The number of thioether (sulfide) groups is 1. The van der Waals surface area contributed by atoms with Gasteiger partial charge >= 0.3 is 0 Å². The van der Waals surface area contributed by atoms with Crippen LogP contribution in [0.1, 0.15) is 6.42 Å². The Hall–Kier alpha value is -1.27. The number of carbonyl (C=O) groups excluding carboxylic acids is 1. The third kappa shape index (κ3) is 3.63. The molecule has 3 heteroatoms. The number of hydrogen-bond acceptors (Lipinski definition) is 2. The predicted octanol–water partition coefficient (Wildman–Crippen LogP) is 2.51. The Balaban J connectivity index is 2.43. The van der Waals surface area contributed by atoms with E-state index in [1.165, 1.54) is 23.9 Å². The van der Waals surface area contributed by atoms with Crippen LogP contribution in [-0.2, 0) is 4.79 Å². The lowest BCUT2D eigenvalue weighted by Gasteiger charge is -1.98. The van der Waals surface area contributed by atoms with E-state index in [1.54, 1.807) is 12.1 Å². The number of carbonyl (C=O) groups is 1. The molecule has 0 spiro atoms. The fraction of sp³-hybridized carbons (Fsp3) is 0.182. The molecule has 0 heterocycles. The third-order valence-electron chi connectivity index (χ3n) is 1.51. The number of hydrogen-bond donors (Lipinski definition) is 0. The Labute approximate surface area is 86.7 Å². The lowest BCUT2D eigenvalue weighted by Crippen LogP contribution is -1.98. The van der Waals surface area contributed by atoms with Crippen molar-refractivity contribution in [2.75, 3.05) is 5.75 Å². The van der Waals surface area contributed by atoms with E-state index in [9.17, 15) is 9.18 Å². The molecule has 0 radical (unpaired) electrons. The largest absolute Gasteiger partial charge is 0.298 e. The van der Waals surface area contributed by atoms with Crippen LogP contribution in [0.2, 0.25) is 0 Å². The molecule has 1 aromatic rings. The van der Waals surface area contributed by atoms with E-state index in [-0.39, 0.29) is 18.0 Å². The minimum atomic E-state index is -0.274. The summed E-state index contributed by atoms with van der Waals surface area (Å²) in [6, 6.07) is 6.02. The monoisotopic (exact) mass is 208 g/mol. The van der Waals surface area contributed by atoms with Crippen LogP contribution in [0.15, 0.2) is 29.2 Å². The molecule has 1 rings (SSSR count). The summed E-state index contributed by atoms with van der Waals surface area (Å²) in [5.41, 5.74) is 0. The summed E-state index contributed by atoms with van der Waals surface area (Å²) in [5.74, 6) is 2.37. The summed E-state index contributed by atoms with van der Waals surface area (Å²) in [5, 5.41) is 0. The number of benzene rings is 1. The van der Waals surface area contributed by atoms with Gasteiger partial charge in [0, 0.05) is 4.90 Å². The van der Waals surface area contributed by atoms with Crippen LogP contribution >= 0.6 is 11.8 Å². The second-order valence-corrected chi connectivity index (χ2v) is 3.71. The van der Waals surface area contributed by atoms with E-state index in [0.29, 0.717) is 5.75 Å². The Morgan fingerprint density at radius 1 is 1.43 bits per heavy atom. The highest BCUT2D eigenvalue weighted by Crippen LogP contribution is 2.18. The smallest absolute Gasteiger partial charge is 0.154 e. The summed E-state index contributed by atoms with van der Waals surface area (Å²) >= 11 is 1.37. The van der Waals surface area contributed by atoms with Gasteiger partial charge in [-0.15, -0.1) is 18.2 Å². The molecule has 1 nitrogen and oxygen atoms in total. The lowest BCUT2D eigenvalue weighted by atomic mass is 10.3. The molecular formula is C11H9FOS. The topological polar surface area (TPSA) is 17.1 Å². The van der Waals surface area contributed by atoms with E-state index in [2.05, 4.69) is 5.92 Å². The summed E-state index contributed by atoms with van der Waals surface area (Å²) < 4.78 is 12.5. The molecule has 0 aliphatic heterocycles. The van der Waals surface area contributed by atoms with Gasteiger partial charge in [0.05, 0.1) is 12.2 Å². The van der Waals surface area contributed by atoms with Crippen molar-refractivity contribution < 1.29 is 9.18 Å². The van der Waals surface area contributed by atoms with Gasteiger partial charge in [-0.3, -0.25) is 4.79 Å². The second-order valence-electron chi connectivity index (χ2n) is 2.66. The van der Waals surface area contributed by atoms with Gasteiger partial charge in [-0.2, -0.15) is 0 Å². The molecule has 0 bridgehead atoms. The van der Waals surface area contributed by atoms with E-state index < -0.39 is 0 Å². The number of rotatable bonds is 4. The highest BCUT2D eigenvalue weighted by atomic mass is 32.2. The molecule has 0 atom stereocenters. The molecule has 14 heavy (non-hydrogen) atoms. The van der Waals surface area contributed by atoms with Crippen molar-refractivity contribution >= 4 is 17.5 Å². The summed E-state index contributed by atoms with van der Waals surface area (Å²) in [6.07, 6.45) is 5.15. The van der Waals surface area contributed by atoms with Gasteiger partial charge in [0.25, 0.3) is 0 Å².